The van der Waals surface area contributed by atoms with Crippen LogP contribution in [0.15, 0.2) is 72.8 Å². The monoisotopic (exact) mass is 497 g/mol. The van der Waals surface area contributed by atoms with Crippen molar-refractivity contribution in [3.8, 4) is 0 Å². The van der Waals surface area contributed by atoms with Gasteiger partial charge in [-0.05, 0) is 68.0 Å². The van der Waals surface area contributed by atoms with Gasteiger partial charge in [-0.3, -0.25) is 14.5 Å². The van der Waals surface area contributed by atoms with Gasteiger partial charge in [-0.15, -0.1) is 0 Å². The first-order valence-electron chi connectivity index (χ1n) is 12.7. The van der Waals surface area contributed by atoms with Crippen molar-refractivity contribution >= 4 is 23.6 Å². The molecule has 0 bridgehead atoms. The van der Waals surface area contributed by atoms with Gasteiger partial charge in [0.05, 0.1) is 6.54 Å². The number of amides is 3. The summed E-state index contributed by atoms with van der Waals surface area (Å²) in [7, 11) is 0. The van der Waals surface area contributed by atoms with Gasteiger partial charge in [-0.1, -0.05) is 59.7 Å². The molecule has 3 aromatic rings. The highest BCUT2D eigenvalue weighted by molar-refractivity contribution is 6.04. The number of carbonyl (C=O) groups is 3. The molecule has 3 aromatic carbocycles. The van der Waals surface area contributed by atoms with Gasteiger partial charge in [-0.2, -0.15) is 0 Å². The summed E-state index contributed by atoms with van der Waals surface area (Å²) >= 11 is 0. The maximum Gasteiger partial charge on any atom is 0.411 e. The van der Waals surface area contributed by atoms with Crippen molar-refractivity contribution in [2.45, 2.75) is 45.4 Å². The summed E-state index contributed by atoms with van der Waals surface area (Å²) in [6.45, 7) is 4.83. The molecule has 2 atom stereocenters. The molecular weight excluding hydrogens is 466 g/mol. The molecule has 190 valence electrons. The Morgan fingerprint density at radius 3 is 2.35 bits per heavy atom. The van der Waals surface area contributed by atoms with Crippen molar-refractivity contribution in [3.05, 3.63) is 101 Å². The lowest BCUT2D eigenvalue weighted by Gasteiger charge is -2.24. The van der Waals surface area contributed by atoms with Crippen LogP contribution in [0.2, 0.25) is 0 Å². The smallest absolute Gasteiger partial charge is 0.411 e. The first kappa shape index (κ1) is 24.6. The Kier molecular flexibility index (Phi) is 6.95. The van der Waals surface area contributed by atoms with Gasteiger partial charge in [-0.25, -0.2) is 4.79 Å². The third kappa shape index (κ3) is 5.82. The summed E-state index contributed by atoms with van der Waals surface area (Å²) in [5, 5.41) is 5.92. The maximum absolute atomic E-state index is 13.3. The largest absolute Gasteiger partial charge is 0.438 e. The summed E-state index contributed by atoms with van der Waals surface area (Å²) in [6.07, 6.45) is 0.965. The predicted octanol–water partition coefficient (Wildman–Crippen LogP) is 5.14. The molecule has 7 heteroatoms. The van der Waals surface area contributed by atoms with E-state index in [0.717, 1.165) is 29.5 Å². The summed E-state index contributed by atoms with van der Waals surface area (Å²) in [5.74, 6) is 0.0966. The topological polar surface area (TPSA) is 87.7 Å². The van der Waals surface area contributed by atoms with Gasteiger partial charge in [0.1, 0.15) is 0 Å². The van der Waals surface area contributed by atoms with Gasteiger partial charge in [0.2, 0.25) is 5.91 Å². The average molecular weight is 498 g/mol. The SMILES string of the molecule is Cc1ccc(CN2C(=O)O[C@@H](c3ccc(NC(=O)c4cccc(C)c4)cc3)[C@H]2C(=O)NCC2CC2)cc1. The van der Waals surface area contributed by atoms with Crippen LogP contribution in [0, 0.1) is 19.8 Å². The summed E-state index contributed by atoms with van der Waals surface area (Å²) in [6, 6.07) is 21.6. The van der Waals surface area contributed by atoms with E-state index in [1.165, 1.54) is 4.90 Å². The second-order valence-electron chi connectivity index (χ2n) is 10.00. The van der Waals surface area contributed by atoms with E-state index in [1.54, 1.807) is 30.3 Å². The number of rotatable bonds is 8. The second kappa shape index (κ2) is 10.5. The third-order valence-electron chi connectivity index (χ3n) is 6.87. The zero-order valence-corrected chi connectivity index (χ0v) is 21.1. The number of hydrogen-bond donors (Lipinski definition) is 2. The van der Waals surface area contributed by atoms with E-state index in [2.05, 4.69) is 10.6 Å². The van der Waals surface area contributed by atoms with Crippen LogP contribution < -0.4 is 10.6 Å². The number of aryl methyl sites for hydroxylation is 2. The van der Waals surface area contributed by atoms with E-state index in [9.17, 15) is 14.4 Å². The van der Waals surface area contributed by atoms with Crippen molar-refractivity contribution in [3.63, 3.8) is 0 Å². The van der Waals surface area contributed by atoms with E-state index in [4.69, 9.17) is 4.74 Å². The average Bonchev–Trinajstić information content (AvgIpc) is 3.67. The minimum atomic E-state index is -0.791. The van der Waals surface area contributed by atoms with Crippen LogP contribution >= 0.6 is 0 Å². The van der Waals surface area contributed by atoms with Crippen LogP contribution in [0.1, 0.15) is 51.6 Å². The zero-order valence-electron chi connectivity index (χ0n) is 21.1. The lowest BCUT2D eigenvalue weighted by Crippen LogP contribution is -2.46. The molecule has 1 saturated carbocycles. The van der Waals surface area contributed by atoms with Crippen LogP contribution in [0.3, 0.4) is 0 Å². The van der Waals surface area contributed by atoms with Crippen molar-refractivity contribution in [2.75, 3.05) is 11.9 Å². The Bertz CT molecular complexity index is 1300. The van der Waals surface area contributed by atoms with Gasteiger partial charge < -0.3 is 15.4 Å². The first-order chi connectivity index (χ1) is 17.9. The molecule has 1 saturated heterocycles. The molecular formula is C30H31N3O4. The van der Waals surface area contributed by atoms with E-state index in [1.807, 2.05) is 56.3 Å². The molecule has 3 amide bonds. The Labute approximate surface area is 216 Å². The van der Waals surface area contributed by atoms with Gasteiger partial charge in [0, 0.05) is 17.8 Å². The molecule has 1 aliphatic carbocycles. The highest BCUT2D eigenvalue weighted by atomic mass is 16.6. The fraction of sp³-hybridized carbons (Fsp3) is 0.300. The first-order valence-corrected chi connectivity index (χ1v) is 12.7. The molecule has 0 radical (unpaired) electrons. The van der Waals surface area contributed by atoms with Gasteiger partial charge >= 0.3 is 6.09 Å². The molecule has 2 N–H and O–H groups in total. The van der Waals surface area contributed by atoms with E-state index < -0.39 is 18.2 Å². The number of ether oxygens (including phenoxy) is 1. The Hall–Kier alpha value is -4.13. The molecule has 0 aromatic heterocycles. The van der Waals surface area contributed by atoms with Crippen LogP contribution in [0.4, 0.5) is 10.5 Å². The zero-order chi connectivity index (χ0) is 25.9. The molecule has 5 rings (SSSR count). The number of nitrogens with zero attached hydrogens (tertiary/aromatic N) is 1. The number of nitrogens with one attached hydrogen (secondary N) is 2. The lowest BCUT2D eigenvalue weighted by atomic mass is 10.00. The normalized spacial score (nSPS) is 18.9. The number of carbonyl (C=O) groups excluding carboxylic acids is 3. The van der Waals surface area contributed by atoms with E-state index in [-0.39, 0.29) is 18.4 Å². The lowest BCUT2D eigenvalue weighted by molar-refractivity contribution is -0.126. The highest BCUT2D eigenvalue weighted by Gasteiger charge is 2.47. The number of cyclic esters (lactones) is 1. The van der Waals surface area contributed by atoms with Crippen LogP contribution in [0.25, 0.3) is 0 Å². The quantitative estimate of drug-likeness (QED) is 0.451. The van der Waals surface area contributed by atoms with Crippen LogP contribution in [-0.2, 0) is 16.1 Å². The fourth-order valence-corrected chi connectivity index (χ4v) is 4.52. The molecule has 0 spiro atoms. The van der Waals surface area contributed by atoms with Crippen LogP contribution in [-0.4, -0.2) is 35.4 Å². The van der Waals surface area contributed by atoms with Crippen molar-refractivity contribution in [1.29, 1.82) is 0 Å². The van der Waals surface area contributed by atoms with Crippen molar-refractivity contribution in [2.24, 2.45) is 5.92 Å². The fourth-order valence-electron chi connectivity index (χ4n) is 4.52. The van der Waals surface area contributed by atoms with E-state index in [0.29, 0.717) is 29.3 Å². The summed E-state index contributed by atoms with van der Waals surface area (Å²) in [5.41, 5.74) is 4.95. The Morgan fingerprint density at radius 2 is 1.68 bits per heavy atom. The molecule has 37 heavy (non-hydrogen) atoms. The van der Waals surface area contributed by atoms with Gasteiger partial charge in [0.25, 0.3) is 5.91 Å². The molecule has 1 heterocycles. The Morgan fingerprint density at radius 1 is 0.946 bits per heavy atom. The third-order valence-corrected chi connectivity index (χ3v) is 6.87. The molecule has 7 nitrogen and oxygen atoms in total. The predicted molar refractivity (Wildman–Crippen MR) is 141 cm³/mol. The summed E-state index contributed by atoms with van der Waals surface area (Å²) < 4.78 is 5.75. The minimum Gasteiger partial charge on any atom is -0.438 e. The van der Waals surface area contributed by atoms with Gasteiger partial charge in [0.15, 0.2) is 12.1 Å². The standard InChI is InChI=1S/C30H31N3O4/c1-19-6-8-22(9-7-19)18-33-26(29(35)31-17-21-10-11-21)27(37-30(33)36)23-12-14-25(15-13-23)32-28(34)24-5-3-4-20(2)16-24/h3-9,12-16,21,26-27H,10-11,17-18H2,1-2H3,(H,31,35)(H,32,34)/t26-,27-/m0/s1. The Balaban J connectivity index is 1.34. The minimum absolute atomic E-state index is 0.203. The maximum atomic E-state index is 13.3. The number of anilines is 1. The van der Waals surface area contributed by atoms with Crippen molar-refractivity contribution in [1.82, 2.24) is 10.2 Å². The number of benzene rings is 3. The highest BCUT2D eigenvalue weighted by Crippen LogP contribution is 2.35. The second-order valence-corrected chi connectivity index (χ2v) is 10.00. The van der Waals surface area contributed by atoms with E-state index >= 15 is 0 Å². The molecule has 2 fully saturated rings. The van der Waals surface area contributed by atoms with Crippen molar-refractivity contribution < 1.29 is 19.1 Å². The summed E-state index contributed by atoms with van der Waals surface area (Å²) in [4.78, 5) is 40.4. The molecule has 0 unspecified atom stereocenters. The molecule has 2 aliphatic rings. The molecule has 1 aliphatic heterocycles. The van der Waals surface area contributed by atoms with Crippen LogP contribution in [0.5, 0.6) is 0 Å². The number of hydrogen-bond acceptors (Lipinski definition) is 4.